The maximum atomic E-state index is 10.5. The van der Waals surface area contributed by atoms with E-state index >= 15 is 0 Å². The number of nitrogens with two attached hydrogens (primary N) is 1. The zero-order chi connectivity index (χ0) is 12.7. The first-order valence-electron chi connectivity index (χ1n) is 5.93. The van der Waals surface area contributed by atoms with Crippen LogP contribution < -0.4 is 5.73 Å². The second-order valence-corrected chi connectivity index (χ2v) is 4.09. The van der Waals surface area contributed by atoms with Gasteiger partial charge in [0.05, 0.1) is 0 Å². The van der Waals surface area contributed by atoms with Gasteiger partial charge in [0.2, 0.25) is 0 Å². The van der Waals surface area contributed by atoms with Crippen LogP contribution in [0.1, 0.15) is 37.3 Å². The fraction of sp³-hybridized carbons (Fsp3) is 0.357. The molecule has 0 bridgehead atoms. The highest BCUT2D eigenvalue weighted by atomic mass is 16.4. The Bertz CT molecular complexity index is 411. The van der Waals surface area contributed by atoms with Crippen LogP contribution in [0.2, 0.25) is 0 Å². The third kappa shape index (κ3) is 4.72. The molecule has 3 N–H and O–H groups in total. The van der Waals surface area contributed by atoms with Crippen molar-refractivity contribution in [3.8, 4) is 0 Å². The Morgan fingerprint density at radius 2 is 2.18 bits per heavy atom. The first-order valence-corrected chi connectivity index (χ1v) is 5.93. The molecule has 0 amide bonds. The number of rotatable bonds is 6. The smallest absolute Gasteiger partial charge is 0.328 e. The topological polar surface area (TPSA) is 63.3 Å². The van der Waals surface area contributed by atoms with E-state index in [2.05, 4.69) is 6.92 Å². The van der Waals surface area contributed by atoms with Gasteiger partial charge in [-0.25, -0.2) is 4.79 Å². The molecule has 3 nitrogen and oxygen atoms in total. The van der Waals surface area contributed by atoms with Crippen molar-refractivity contribution in [3.05, 3.63) is 35.4 Å². The van der Waals surface area contributed by atoms with Crippen molar-refractivity contribution in [2.24, 2.45) is 0 Å². The molecule has 0 spiro atoms. The Kier molecular flexibility index (Phi) is 5.27. The minimum absolute atomic E-state index is 0.726. The number of hydrogen-bond acceptors (Lipinski definition) is 2. The summed E-state index contributed by atoms with van der Waals surface area (Å²) in [5.41, 5.74) is 8.54. The zero-order valence-corrected chi connectivity index (χ0v) is 10.1. The summed E-state index contributed by atoms with van der Waals surface area (Å²) in [5, 5.41) is 8.62. The van der Waals surface area contributed by atoms with Crippen LogP contribution >= 0.6 is 0 Å². The van der Waals surface area contributed by atoms with Gasteiger partial charge in [0.25, 0.3) is 0 Å². The summed E-state index contributed by atoms with van der Waals surface area (Å²) in [6, 6.07) is 5.60. The Hall–Kier alpha value is -1.77. The molecule has 1 aromatic carbocycles. The number of carboxylic acids is 1. The number of carbonyl (C=O) groups is 1. The van der Waals surface area contributed by atoms with Gasteiger partial charge in [-0.1, -0.05) is 25.8 Å². The summed E-state index contributed by atoms with van der Waals surface area (Å²) < 4.78 is 0. The summed E-state index contributed by atoms with van der Waals surface area (Å²) >= 11 is 0. The number of carboxylic acid groups (broad SMARTS) is 1. The number of nitrogen functional groups attached to an aromatic ring is 1. The molecule has 0 aliphatic rings. The minimum atomic E-state index is -0.929. The Balaban J connectivity index is 2.83. The molecule has 0 unspecified atom stereocenters. The summed E-state index contributed by atoms with van der Waals surface area (Å²) in [7, 11) is 0. The molecule has 0 heterocycles. The van der Waals surface area contributed by atoms with E-state index in [0.29, 0.717) is 0 Å². The fourth-order valence-corrected chi connectivity index (χ4v) is 1.73. The van der Waals surface area contributed by atoms with Gasteiger partial charge in [0.15, 0.2) is 0 Å². The molecule has 3 heteroatoms. The van der Waals surface area contributed by atoms with Crippen LogP contribution in [0.25, 0.3) is 6.08 Å². The molecule has 0 atom stereocenters. The maximum absolute atomic E-state index is 10.5. The van der Waals surface area contributed by atoms with Gasteiger partial charge in [0.1, 0.15) is 0 Å². The molecule has 1 aromatic rings. The van der Waals surface area contributed by atoms with E-state index < -0.39 is 5.97 Å². The second-order valence-electron chi connectivity index (χ2n) is 4.09. The lowest BCUT2D eigenvalue weighted by atomic mass is 10.00. The molecule has 0 fully saturated rings. The number of hydrogen-bond donors (Lipinski definition) is 2. The third-order valence-corrected chi connectivity index (χ3v) is 2.62. The lowest BCUT2D eigenvalue weighted by Crippen LogP contribution is -1.94. The number of aliphatic carboxylic acids is 1. The molecule has 0 aliphatic carbocycles. The van der Waals surface area contributed by atoms with E-state index in [9.17, 15) is 4.79 Å². The average Bonchev–Trinajstić information content (AvgIpc) is 2.28. The number of aryl methyl sites for hydroxylation is 1. The lowest BCUT2D eigenvalue weighted by molar-refractivity contribution is -0.131. The van der Waals surface area contributed by atoms with Crippen LogP contribution in [-0.4, -0.2) is 11.1 Å². The molecule has 0 saturated carbocycles. The zero-order valence-electron chi connectivity index (χ0n) is 10.1. The number of anilines is 1. The summed E-state index contributed by atoms with van der Waals surface area (Å²) in [4.78, 5) is 10.5. The monoisotopic (exact) mass is 233 g/mol. The average molecular weight is 233 g/mol. The number of benzene rings is 1. The SMILES string of the molecule is CCCCCc1cc(N)ccc1/C=C/C(=O)O. The molecule has 17 heavy (non-hydrogen) atoms. The van der Waals surface area contributed by atoms with Crippen molar-refractivity contribution < 1.29 is 9.90 Å². The highest BCUT2D eigenvalue weighted by molar-refractivity contribution is 5.85. The van der Waals surface area contributed by atoms with E-state index in [1.54, 1.807) is 12.1 Å². The lowest BCUT2D eigenvalue weighted by Gasteiger charge is -2.07. The van der Waals surface area contributed by atoms with Gasteiger partial charge in [0, 0.05) is 11.8 Å². The van der Waals surface area contributed by atoms with Crippen molar-refractivity contribution in [2.75, 3.05) is 5.73 Å². The standard InChI is InChI=1S/C14H19NO2/c1-2-3-4-5-12-10-13(15)8-6-11(12)7-9-14(16)17/h6-10H,2-5,15H2,1H3,(H,16,17)/b9-7+. The van der Waals surface area contributed by atoms with Crippen LogP contribution in [0.5, 0.6) is 0 Å². The highest BCUT2D eigenvalue weighted by Gasteiger charge is 2.01. The minimum Gasteiger partial charge on any atom is -0.478 e. The van der Waals surface area contributed by atoms with Crippen molar-refractivity contribution in [3.63, 3.8) is 0 Å². The second kappa shape index (κ2) is 6.74. The van der Waals surface area contributed by atoms with Gasteiger partial charge >= 0.3 is 5.97 Å². The summed E-state index contributed by atoms with van der Waals surface area (Å²) in [6.07, 6.45) is 7.18. The molecule has 92 valence electrons. The van der Waals surface area contributed by atoms with Crippen molar-refractivity contribution in [2.45, 2.75) is 32.6 Å². The van der Waals surface area contributed by atoms with Crippen LogP contribution in [0, 0.1) is 0 Å². The molecule has 1 rings (SSSR count). The van der Waals surface area contributed by atoms with E-state index in [-0.39, 0.29) is 0 Å². The first-order chi connectivity index (χ1) is 8.13. The Morgan fingerprint density at radius 3 is 2.82 bits per heavy atom. The molecule has 0 aliphatic heterocycles. The Labute approximate surface area is 102 Å². The normalized spacial score (nSPS) is 10.9. The molecule has 0 saturated heterocycles. The predicted molar refractivity (Wildman–Crippen MR) is 70.8 cm³/mol. The van der Waals surface area contributed by atoms with Gasteiger partial charge in [-0.3, -0.25) is 0 Å². The van der Waals surface area contributed by atoms with Crippen LogP contribution in [0.4, 0.5) is 5.69 Å². The van der Waals surface area contributed by atoms with Crippen LogP contribution in [0.15, 0.2) is 24.3 Å². The van der Waals surface area contributed by atoms with Crippen molar-refractivity contribution >= 4 is 17.7 Å². The van der Waals surface area contributed by atoms with E-state index in [0.717, 1.165) is 35.7 Å². The third-order valence-electron chi connectivity index (χ3n) is 2.62. The molecule has 0 radical (unpaired) electrons. The van der Waals surface area contributed by atoms with E-state index in [1.165, 1.54) is 12.8 Å². The van der Waals surface area contributed by atoms with Crippen molar-refractivity contribution in [1.29, 1.82) is 0 Å². The van der Waals surface area contributed by atoms with Gasteiger partial charge < -0.3 is 10.8 Å². The fourth-order valence-electron chi connectivity index (χ4n) is 1.73. The molecule has 0 aromatic heterocycles. The summed E-state index contributed by atoms with van der Waals surface area (Å²) in [6.45, 7) is 2.16. The van der Waals surface area contributed by atoms with E-state index in [1.807, 2.05) is 12.1 Å². The highest BCUT2D eigenvalue weighted by Crippen LogP contribution is 2.18. The van der Waals surface area contributed by atoms with Crippen molar-refractivity contribution in [1.82, 2.24) is 0 Å². The van der Waals surface area contributed by atoms with Crippen LogP contribution in [-0.2, 0) is 11.2 Å². The largest absolute Gasteiger partial charge is 0.478 e. The molecular formula is C14H19NO2. The number of unbranched alkanes of at least 4 members (excludes halogenated alkanes) is 2. The maximum Gasteiger partial charge on any atom is 0.328 e. The molecular weight excluding hydrogens is 214 g/mol. The van der Waals surface area contributed by atoms with Gasteiger partial charge in [-0.15, -0.1) is 0 Å². The predicted octanol–water partition coefficient (Wildman–Crippen LogP) is 3.10. The van der Waals surface area contributed by atoms with Crippen LogP contribution in [0.3, 0.4) is 0 Å². The van der Waals surface area contributed by atoms with Gasteiger partial charge in [-0.2, -0.15) is 0 Å². The quantitative estimate of drug-likeness (QED) is 0.451. The summed E-state index contributed by atoms with van der Waals surface area (Å²) in [5.74, 6) is -0.929. The van der Waals surface area contributed by atoms with E-state index in [4.69, 9.17) is 10.8 Å². The first kappa shape index (κ1) is 13.3. The Morgan fingerprint density at radius 1 is 1.41 bits per heavy atom. The van der Waals surface area contributed by atoms with Gasteiger partial charge in [-0.05, 0) is 42.2 Å².